The van der Waals surface area contributed by atoms with Gasteiger partial charge in [0.1, 0.15) is 18.8 Å². The van der Waals surface area contributed by atoms with E-state index in [2.05, 4.69) is 20.8 Å². The lowest BCUT2D eigenvalue weighted by molar-refractivity contribution is -0.119. The Morgan fingerprint density at radius 1 is 1.32 bits per heavy atom. The molecule has 132 valence electrons. The van der Waals surface area contributed by atoms with Crippen molar-refractivity contribution in [1.82, 2.24) is 20.1 Å². The van der Waals surface area contributed by atoms with Crippen molar-refractivity contribution in [2.24, 2.45) is 0 Å². The van der Waals surface area contributed by atoms with Crippen LogP contribution in [-0.2, 0) is 22.5 Å². The Balaban J connectivity index is 1.65. The highest BCUT2D eigenvalue weighted by molar-refractivity contribution is 6.04. The van der Waals surface area contributed by atoms with Gasteiger partial charge in [0.05, 0.1) is 11.3 Å². The number of fused-ring (bicyclic) bond motifs is 1. The van der Waals surface area contributed by atoms with Crippen LogP contribution >= 0.6 is 0 Å². The molecule has 8 heteroatoms. The molecular formula is C17H21N5O3. The number of aryl methyl sites for hydroxylation is 2. The second-order valence-corrected chi connectivity index (χ2v) is 5.97. The largest absolute Gasteiger partial charge is 0.375 e. The van der Waals surface area contributed by atoms with E-state index in [1.807, 2.05) is 4.57 Å². The molecule has 3 rings (SSSR count). The second kappa shape index (κ2) is 7.89. The van der Waals surface area contributed by atoms with Gasteiger partial charge in [-0.25, -0.2) is 0 Å². The van der Waals surface area contributed by atoms with Crippen LogP contribution in [0.2, 0.25) is 0 Å². The molecule has 2 heterocycles. The number of carbonyl (C=O) groups is 2. The van der Waals surface area contributed by atoms with Crippen molar-refractivity contribution in [3.8, 4) is 0 Å². The third-order valence-corrected chi connectivity index (χ3v) is 4.19. The zero-order valence-electron chi connectivity index (χ0n) is 14.1. The van der Waals surface area contributed by atoms with Crippen LogP contribution in [0.3, 0.4) is 0 Å². The van der Waals surface area contributed by atoms with E-state index < -0.39 is 0 Å². The molecule has 1 unspecified atom stereocenters. The highest BCUT2D eigenvalue weighted by Gasteiger charge is 2.21. The standard InChI is InChI=1S/C17H21N5O3/c1-25-10-16(23)20-14-5-3-2-4-13(14)17(24)19-12-6-7-15-21-18-11-22(15)9-8-12/h2-5,11-12H,6-10H2,1H3,(H,19,24)(H,20,23). The smallest absolute Gasteiger partial charge is 0.253 e. The Morgan fingerprint density at radius 2 is 2.16 bits per heavy atom. The number of amides is 2. The predicted molar refractivity (Wildman–Crippen MR) is 91.2 cm³/mol. The average Bonchev–Trinajstić information content (AvgIpc) is 2.97. The van der Waals surface area contributed by atoms with Crippen LogP contribution < -0.4 is 10.6 Å². The van der Waals surface area contributed by atoms with Gasteiger partial charge in [-0.15, -0.1) is 10.2 Å². The maximum Gasteiger partial charge on any atom is 0.253 e. The quantitative estimate of drug-likeness (QED) is 0.844. The molecule has 25 heavy (non-hydrogen) atoms. The minimum absolute atomic E-state index is 0.0527. The van der Waals surface area contributed by atoms with Crippen LogP contribution in [0.15, 0.2) is 30.6 Å². The van der Waals surface area contributed by atoms with Gasteiger partial charge in [-0.3, -0.25) is 9.59 Å². The fraction of sp³-hybridized carbons (Fsp3) is 0.412. The molecular weight excluding hydrogens is 322 g/mol. The summed E-state index contributed by atoms with van der Waals surface area (Å²) in [5, 5.41) is 13.8. The first-order chi connectivity index (χ1) is 12.2. The van der Waals surface area contributed by atoms with Gasteiger partial charge in [0, 0.05) is 26.1 Å². The molecule has 1 aliphatic heterocycles. The second-order valence-electron chi connectivity index (χ2n) is 5.97. The van der Waals surface area contributed by atoms with Gasteiger partial charge in [0.25, 0.3) is 5.91 Å². The summed E-state index contributed by atoms with van der Waals surface area (Å²) in [4.78, 5) is 24.4. The molecule has 0 fully saturated rings. The summed E-state index contributed by atoms with van der Waals surface area (Å²) in [7, 11) is 1.45. The molecule has 1 aromatic carbocycles. The molecule has 0 saturated carbocycles. The third kappa shape index (κ3) is 4.21. The van der Waals surface area contributed by atoms with E-state index in [1.54, 1.807) is 30.6 Å². The van der Waals surface area contributed by atoms with Gasteiger partial charge in [-0.05, 0) is 25.0 Å². The fourth-order valence-electron chi connectivity index (χ4n) is 2.92. The highest BCUT2D eigenvalue weighted by atomic mass is 16.5. The van der Waals surface area contributed by atoms with E-state index in [1.165, 1.54) is 7.11 Å². The summed E-state index contributed by atoms with van der Waals surface area (Å²) < 4.78 is 6.83. The normalized spacial score (nSPS) is 16.6. The van der Waals surface area contributed by atoms with Crippen molar-refractivity contribution in [2.75, 3.05) is 19.0 Å². The molecule has 0 saturated heterocycles. The number of methoxy groups -OCH3 is 1. The molecule has 2 amide bonds. The SMILES string of the molecule is COCC(=O)Nc1ccccc1C(=O)NC1CCc2nncn2CC1. The zero-order valence-corrected chi connectivity index (χ0v) is 14.1. The first-order valence-electron chi connectivity index (χ1n) is 8.22. The Morgan fingerprint density at radius 3 is 3.00 bits per heavy atom. The lowest BCUT2D eigenvalue weighted by atomic mass is 10.1. The number of aromatic nitrogens is 3. The number of rotatable bonds is 5. The summed E-state index contributed by atoms with van der Waals surface area (Å²) in [6.07, 6.45) is 4.12. The first-order valence-corrected chi connectivity index (χ1v) is 8.22. The first kappa shape index (κ1) is 17.1. The van der Waals surface area contributed by atoms with Crippen LogP contribution in [-0.4, -0.2) is 46.3 Å². The number of carbonyl (C=O) groups excluding carboxylic acids is 2. The Bertz CT molecular complexity index is 736. The van der Waals surface area contributed by atoms with Gasteiger partial charge in [0.15, 0.2) is 0 Å². The third-order valence-electron chi connectivity index (χ3n) is 4.19. The molecule has 0 bridgehead atoms. The van der Waals surface area contributed by atoms with Crippen molar-refractivity contribution in [1.29, 1.82) is 0 Å². The molecule has 8 nitrogen and oxygen atoms in total. The molecule has 1 atom stereocenters. The number of hydrogen-bond acceptors (Lipinski definition) is 5. The molecule has 0 radical (unpaired) electrons. The Hall–Kier alpha value is -2.74. The Labute approximate surface area is 145 Å². The Kier molecular flexibility index (Phi) is 5.39. The van der Waals surface area contributed by atoms with Crippen molar-refractivity contribution in [3.05, 3.63) is 42.0 Å². The fourth-order valence-corrected chi connectivity index (χ4v) is 2.92. The molecule has 1 aliphatic rings. The highest BCUT2D eigenvalue weighted by Crippen LogP contribution is 2.17. The summed E-state index contributed by atoms with van der Waals surface area (Å²) >= 11 is 0. The van der Waals surface area contributed by atoms with E-state index in [0.717, 1.165) is 31.6 Å². The van der Waals surface area contributed by atoms with E-state index in [0.29, 0.717) is 11.3 Å². The zero-order chi connectivity index (χ0) is 17.6. The maximum atomic E-state index is 12.7. The molecule has 0 aliphatic carbocycles. The maximum absolute atomic E-state index is 12.7. The topological polar surface area (TPSA) is 98.1 Å². The average molecular weight is 343 g/mol. The minimum atomic E-state index is -0.296. The number of hydrogen-bond donors (Lipinski definition) is 2. The number of para-hydroxylation sites is 1. The summed E-state index contributed by atoms with van der Waals surface area (Å²) in [5.74, 6) is 0.454. The van der Waals surface area contributed by atoms with Gasteiger partial charge >= 0.3 is 0 Å². The van der Waals surface area contributed by atoms with Crippen molar-refractivity contribution in [3.63, 3.8) is 0 Å². The van der Waals surface area contributed by atoms with Crippen molar-refractivity contribution in [2.45, 2.75) is 31.8 Å². The van der Waals surface area contributed by atoms with Crippen molar-refractivity contribution >= 4 is 17.5 Å². The molecule has 2 N–H and O–H groups in total. The lowest BCUT2D eigenvalue weighted by Crippen LogP contribution is -2.35. The van der Waals surface area contributed by atoms with E-state index in [4.69, 9.17) is 4.74 Å². The van der Waals surface area contributed by atoms with Crippen LogP contribution in [0.25, 0.3) is 0 Å². The number of ether oxygens (including phenoxy) is 1. The van der Waals surface area contributed by atoms with Crippen LogP contribution in [0.5, 0.6) is 0 Å². The number of anilines is 1. The van der Waals surface area contributed by atoms with Crippen molar-refractivity contribution < 1.29 is 14.3 Å². The molecule has 0 spiro atoms. The van der Waals surface area contributed by atoms with Gasteiger partial charge < -0.3 is 19.9 Å². The minimum Gasteiger partial charge on any atom is -0.375 e. The van der Waals surface area contributed by atoms with E-state index >= 15 is 0 Å². The van der Waals surface area contributed by atoms with Crippen LogP contribution in [0.1, 0.15) is 29.0 Å². The summed E-state index contributed by atoms with van der Waals surface area (Å²) in [6.45, 7) is 0.720. The van der Waals surface area contributed by atoms with Crippen LogP contribution in [0.4, 0.5) is 5.69 Å². The van der Waals surface area contributed by atoms with Gasteiger partial charge in [0.2, 0.25) is 5.91 Å². The van der Waals surface area contributed by atoms with Gasteiger partial charge in [-0.2, -0.15) is 0 Å². The monoisotopic (exact) mass is 343 g/mol. The lowest BCUT2D eigenvalue weighted by Gasteiger charge is -2.17. The number of nitrogens with zero attached hydrogens (tertiary/aromatic N) is 3. The molecule has 1 aromatic heterocycles. The number of benzene rings is 1. The van der Waals surface area contributed by atoms with Gasteiger partial charge in [-0.1, -0.05) is 12.1 Å². The number of nitrogens with one attached hydrogen (secondary N) is 2. The van der Waals surface area contributed by atoms with E-state index in [9.17, 15) is 9.59 Å². The van der Waals surface area contributed by atoms with Crippen LogP contribution in [0, 0.1) is 0 Å². The summed E-state index contributed by atoms with van der Waals surface area (Å²) in [6, 6.07) is 7.00. The molecule has 2 aromatic rings. The summed E-state index contributed by atoms with van der Waals surface area (Å²) in [5.41, 5.74) is 0.920. The predicted octanol–water partition coefficient (Wildman–Crippen LogP) is 0.998. The van der Waals surface area contributed by atoms with E-state index in [-0.39, 0.29) is 24.5 Å².